The third-order valence-electron chi connectivity index (χ3n) is 7.83. The molecule has 2 aliphatic carbocycles. The van der Waals surface area contributed by atoms with Crippen LogP contribution >= 0.6 is 0 Å². The molecule has 1 N–H and O–H groups in total. The Morgan fingerprint density at radius 2 is 1.85 bits per heavy atom. The van der Waals surface area contributed by atoms with Gasteiger partial charge in [-0.3, -0.25) is 0 Å². The van der Waals surface area contributed by atoms with Gasteiger partial charge in [-0.15, -0.1) is 0 Å². The number of piperidine rings is 1. The molecule has 33 heavy (non-hydrogen) atoms. The second-order valence-corrected chi connectivity index (χ2v) is 12.5. The van der Waals surface area contributed by atoms with Crippen LogP contribution in [-0.4, -0.2) is 79.4 Å². The van der Waals surface area contributed by atoms with Crippen LogP contribution < -0.4 is 10.2 Å². The number of aromatic nitrogens is 3. The van der Waals surface area contributed by atoms with Crippen LogP contribution in [0.15, 0.2) is 12.3 Å². The average molecular weight is 473 g/mol. The summed E-state index contributed by atoms with van der Waals surface area (Å²) in [5, 5.41) is 4.49. The Balaban J connectivity index is 1.22. The Morgan fingerprint density at radius 3 is 2.48 bits per heavy atom. The van der Waals surface area contributed by atoms with Crippen LogP contribution in [0, 0.1) is 5.41 Å². The van der Waals surface area contributed by atoms with Gasteiger partial charge in [-0.05, 0) is 44.6 Å². The lowest BCUT2D eigenvalue weighted by molar-refractivity contribution is -0.0732. The molecule has 0 radical (unpaired) electrons. The third kappa shape index (κ3) is 4.06. The molecule has 0 bridgehead atoms. The van der Waals surface area contributed by atoms with Gasteiger partial charge in [0.2, 0.25) is 16.0 Å². The minimum absolute atomic E-state index is 0.163. The molecule has 2 aromatic rings. The van der Waals surface area contributed by atoms with Crippen LogP contribution in [0.5, 0.6) is 0 Å². The van der Waals surface area contributed by atoms with Crippen molar-refractivity contribution in [3.63, 3.8) is 0 Å². The highest BCUT2D eigenvalue weighted by Crippen LogP contribution is 2.51. The second-order valence-electron chi connectivity index (χ2n) is 10.5. The van der Waals surface area contributed by atoms with Crippen molar-refractivity contribution >= 4 is 32.7 Å². The van der Waals surface area contributed by atoms with Gasteiger partial charge in [0.25, 0.3) is 0 Å². The maximum atomic E-state index is 11.8. The molecule has 0 amide bonds. The summed E-state index contributed by atoms with van der Waals surface area (Å²) in [5.41, 5.74) is 2.45. The van der Waals surface area contributed by atoms with E-state index in [-0.39, 0.29) is 6.04 Å². The topological polar surface area (TPSA) is 101 Å². The van der Waals surface area contributed by atoms with Gasteiger partial charge in [0, 0.05) is 67.9 Å². The van der Waals surface area contributed by atoms with E-state index in [4.69, 9.17) is 14.7 Å². The first-order valence-corrected chi connectivity index (χ1v) is 13.8. The fourth-order valence-corrected chi connectivity index (χ4v) is 6.55. The Labute approximate surface area is 195 Å². The van der Waals surface area contributed by atoms with Crippen molar-refractivity contribution in [1.29, 1.82) is 0 Å². The number of nitrogens with one attached hydrogen (secondary N) is 1. The van der Waals surface area contributed by atoms with Crippen molar-refractivity contribution in [2.75, 3.05) is 49.8 Å². The molecule has 10 heteroatoms. The standard InChI is InChI=1S/C23H32N6O3S/c1-32-18-10-23(11-18)13-28(14-23)21-20-16(9-19(26-21)15-3-4-15)12-24-22(27-20)25-17-5-7-29(8-6-17)33(2,30)31/h9,12,15,17-18H,3-8,10-11,13-14H2,1-2H3,(H,24,25,27). The van der Waals surface area contributed by atoms with Gasteiger partial charge in [-0.1, -0.05) is 0 Å². The van der Waals surface area contributed by atoms with Gasteiger partial charge < -0.3 is 15.0 Å². The van der Waals surface area contributed by atoms with Gasteiger partial charge in [0.15, 0.2) is 5.82 Å². The number of sulfonamides is 1. The summed E-state index contributed by atoms with van der Waals surface area (Å²) >= 11 is 0. The number of anilines is 2. The Kier molecular flexibility index (Phi) is 5.04. The second kappa shape index (κ2) is 7.74. The van der Waals surface area contributed by atoms with Gasteiger partial charge in [-0.25, -0.2) is 27.7 Å². The molecule has 2 aromatic heterocycles. The zero-order valence-corrected chi connectivity index (χ0v) is 20.1. The average Bonchev–Trinajstić information content (AvgIpc) is 3.57. The molecule has 6 rings (SSSR count). The quantitative estimate of drug-likeness (QED) is 0.684. The van der Waals surface area contributed by atoms with E-state index in [0.717, 1.165) is 55.5 Å². The van der Waals surface area contributed by atoms with E-state index >= 15 is 0 Å². The van der Waals surface area contributed by atoms with E-state index in [0.29, 0.717) is 36.5 Å². The fourth-order valence-electron chi connectivity index (χ4n) is 5.68. The van der Waals surface area contributed by atoms with Crippen LogP contribution in [0.4, 0.5) is 11.8 Å². The molecular weight excluding hydrogens is 440 g/mol. The van der Waals surface area contributed by atoms with Crippen molar-refractivity contribution in [3.05, 3.63) is 18.0 Å². The summed E-state index contributed by atoms with van der Waals surface area (Å²) in [4.78, 5) is 16.9. The normalized spacial score (nSPS) is 24.1. The van der Waals surface area contributed by atoms with Crippen LogP contribution in [-0.2, 0) is 14.8 Å². The molecule has 4 aliphatic rings. The predicted octanol–water partition coefficient (Wildman–Crippen LogP) is 2.35. The Hall–Kier alpha value is -2.04. The largest absolute Gasteiger partial charge is 0.381 e. The zero-order chi connectivity index (χ0) is 22.8. The number of nitrogens with zero attached hydrogens (tertiary/aromatic N) is 5. The first-order valence-electron chi connectivity index (χ1n) is 12.0. The number of pyridine rings is 1. The fraction of sp³-hybridized carbons (Fsp3) is 0.696. The molecular formula is C23H32N6O3S. The van der Waals surface area contributed by atoms with Gasteiger partial charge in [0.05, 0.1) is 12.4 Å². The summed E-state index contributed by atoms with van der Waals surface area (Å²) in [6.45, 7) is 3.08. The molecule has 2 saturated heterocycles. The van der Waals surface area contributed by atoms with E-state index in [2.05, 4.69) is 21.3 Å². The molecule has 9 nitrogen and oxygen atoms in total. The number of hydrogen-bond donors (Lipinski definition) is 1. The maximum Gasteiger partial charge on any atom is 0.223 e. The first-order chi connectivity index (χ1) is 15.8. The molecule has 4 heterocycles. The van der Waals surface area contributed by atoms with Crippen molar-refractivity contribution in [2.45, 2.75) is 56.6 Å². The third-order valence-corrected chi connectivity index (χ3v) is 9.13. The molecule has 4 fully saturated rings. The lowest BCUT2D eigenvalue weighted by Crippen LogP contribution is -2.64. The Bertz CT molecular complexity index is 1160. The van der Waals surface area contributed by atoms with Crippen molar-refractivity contribution in [2.24, 2.45) is 5.41 Å². The Morgan fingerprint density at radius 1 is 1.12 bits per heavy atom. The molecule has 1 spiro atoms. The minimum atomic E-state index is -3.13. The number of rotatable bonds is 6. The molecule has 2 saturated carbocycles. The number of methoxy groups -OCH3 is 1. The van der Waals surface area contributed by atoms with Crippen molar-refractivity contribution in [3.8, 4) is 0 Å². The van der Waals surface area contributed by atoms with Crippen LogP contribution in [0.3, 0.4) is 0 Å². The first kappa shape index (κ1) is 21.5. The summed E-state index contributed by atoms with van der Waals surface area (Å²) in [6, 6.07) is 2.32. The van der Waals surface area contributed by atoms with Crippen LogP contribution in [0.1, 0.15) is 50.1 Å². The van der Waals surface area contributed by atoms with E-state index in [1.807, 2.05) is 6.20 Å². The maximum absolute atomic E-state index is 11.8. The number of ether oxygens (including phenoxy) is 1. The van der Waals surface area contributed by atoms with Crippen LogP contribution in [0.2, 0.25) is 0 Å². The SMILES string of the molecule is COC1CC2(C1)CN(c1nc(C3CC3)cc3cnc(NC4CCN(S(C)(=O)=O)CC4)nc13)C2. The monoisotopic (exact) mass is 472 g/mol. The van der Waals surface area contributed by atoms with E-state index in [1.54, 1.807) is 11.4 Å². The highest BCUT2D eigenvalue weighted by molar-refractivity contribution is 7.88. The number of fused-ring (bicyclic) bond motifs is 1. The smallest absolute Gasteiger partial charge is 0.223 e. The zero-order valence-electron chi connectivity index (χ0n) is 19.3. The molecule has 0 aromatic carbocycles. The summed E-state index contributed by atoms with van der Waals surface area (Å²) in [7, 11) is -1.32. The van der Waals surface area contributed by atoms with Gasteiger partial charge >= 0.3 is 0 Å². The van der Waals surface area contributed by atoms with Crippen molar-refractivity contribution < 1.29 is 13.2 Å². The molecule has 178 valence electrons. The van der Waals surface area contributed by atoms with Gasteiger partial charge in [0.1, 0.15) is 5.52 Å². The summed E-state index contributed by atoms with van der Waals surface area (Å²) < 4.78 is 30.6. The van der Waals surface area contributed by atoms with Crippen molar-refractivity contribution in [1.82, 2.24) is 19.3 Å². The minimum Gasteiger partial charge on any atom is -0.381 e. The van der Waals surface area contributed by atoms with Crippen LogP contribution in [0.25, 0.3) is 10.9 Å². The predicted molar refractivity (Wildman–Crippen MR) is 127 cm³/mol. The lowest BCUT2D eigenvalue weighted by Gasteiger charge is -2.59. The summed E-state index contributed by atoms with van der Waals surface area (Å²) in [6.07, 6.45) is 9.77. The van der Waals surface area contributed by atoms with E-state index in [9.17, 15) is 8.42 Å². The lowest BCUT2D eigenvalue weighted by atomic mass is 9.62. The highest BCUT2D eigenvalue weighted by atomic mass is 32.2. The molecule has 2 aliphatic heterocycles. The highest BCUT2D eigenvalue weighted by Gasteiger charge is 2.53. The summed E-state index contributed by atoms with van der Waals surface area (Å²) in [5.74, 6) is 2.15. The molecule has 0 unspecified atom stereocenters. The van der Waals surface area contributed by atoms with E-state index in [1.165, 1.54) is 24.8 Å². The molecule has 0 atom stereocenters. The van der Waals surface area contributed by atoms with E-state index < -0.39 is 10.0 Å². The van der Waals surface area contributed by atoms with Gasteiger partial charge in [-0.2, -0.15) is 0 Å². The number of hydrogen-bond acceptors (Lipinski definition) is 8.